The third-order valence-corrected chi connectivity index (χ3v) is 2.95. The van der Waals surface area contributed by atoms with Crippen LogP contribution in [0.2, 0.25) is 0 Å². The molecule has 2 rings (SSSR count). The first-order valence-electron chi connectivity index (χ1n) is 5.53. The summed E-state index contributed by atoms with van der Waals surface area (Å²) in [6.45, 7) is 3.07. The Balaban J connectivity index is 2.00. The molecule has 0 bridgehead atoms. The van der Waals surface area contributed by atoms with E-state index in [1.807, 2.05) is 19.1 Å². The van der Waals surface area contributed by atoms with Crippen molar-refractivity contribution in [1.82, 2.24) is 9.88 Å². The van der Waals surface area contributed by atoms with Crippen molar-refractivity contribution in [1.29, 1.82) is 0 Å². The molecule has 0 radical (unpaired) electrons. The first kappa shape index (κ1) is 11.1. The maximum atomic E-state index is 11.9. The fraction of sp³-hybridized carbons (Fsp3) is 0.500. The average Bonchev–Trinajstić information content (AvgIpc) is 2.68. The van der Waals surface area contributed by atoms with Crippen molar-refractivity contribution in [3.05, 3.63) is 29.6 Å². The highest BCUT2D eigenvalue weighted by atomic mass is 16.3. The van der Waals surface area contributed by atoms with Crippen molar-refractivity contribution >= 4 is 5.91 Å². The molecule has 0 saturated carbocycles. The Morgan fingerprint density at radius 1 is 1.69 bits per heavy atom. The molecule has 16 heavy (non-hydrogen) atoms. The van der Waals surface area contributed by atoms with Gasteiger partial charge in [-0.3, -0.25) is 9.78 Å². The molecule has 0 aliphatic carbocycles. The summed E-state index contributed by atoms with van der Waals surface area (Å²) in [6, 6.07) is 3.82. The van der Waals surface area contributed by atoms with Crippen LogP contribution >= 0.6 is 0 Å². The van der Waals surface area contributed by atoms with Crippen molar-refractivity contribution < 1.29 is 9.90 Å². The van der Waals surface area contributed by atoms with Crippen LogP contribution in [0.4, 0.5) is 0 Å². The summed E-state index contributed by atoms with van der Waals surface area (Å²) < 4.78 is 0. The lowest BCUT2D eigenvalue weighted by molar-refractivity contribution is -0.129. The average molecular weight is 220 g/mol. The van der Waals surface area contributed by atoms with Crippen molar-refractivity contribution in [2.24, 2.45) is 0 Å². The van der Waals surface area contributed by atoms with E-state index in [1.54, 1.807) is 11.1 Å². The number of carbonyl (C=O) groups excluding carboxylic acids is 1. The van der Waals surface area contributed by atoms with Crippen LogP contribution in [0.3, 0.4) is 0 Å². The van der Waals surface area contributed by atoms with Gasteiger partial charge >= 0.3 is 0 Å². The van der Waals surface area contributed by atoms with E-state index in [1.165, 1.54) is 0 Å². The van der Waals surface area contributed by atoms with Gasteiger partial charge in [-0.2, -0.15) is 0 Å². The fourth-order valence-electron chi connectivity index (χ4n) is 1.93. The quantitative estimate of drug-likeness (QED) is 0.790. The molecule has 4 heteroatoms. The number of pyridine rings is 1. The number of aliphatic hydroxyl groups excluding tert-OH is 1. The zero-order valence-electron chi connectivity index (χ0n) is 9.39. The second-order valence-electron chi connectivity index (χ2n) is 4.23. The van der Waals surface area contributed by atoms with E-state index in [4.69, 9.17) is 0 Å². The number of β-amino-alcohol motifs (C(OH)–C–C–N with tert-alkyl or cyclic N) is 1. The minimum atomic E-state index is -0.353. The Morgan fingerprint density at radius 2 is 2.50 bits per heavy atom. The van der Waals surface area contributed by atoms with E-state index >= 15 is 0 Å². The Morgan fingerprint density at radius 3 is 3.12 bits per heavy atom. The molecule has 86 valence electrons. The Labute approximate surface area is 94.9 Å². The minimum absolute atomic E-state index is 0.0540. The van der Waals surface area contributed by atoms with Gasteiger partial charge in [-0.05, 0) is 25.0 Å². The van der Waals surface area contributed by atoms with Crippen molar-refractivity contribution in [3.63, 3.8) is 0 Å². The summed E-state index contributed by atoms with van der Waals surface area (Å²) in [5.74, 6) is 0.0540. The number of rotatable bonds is 2. The van der Waals surface area contributed by atoms with Gasteiger partial charge in [0.15, 0.2) is 0 Å². The number of likely N-dealkylation sites (tertiary alicyclic amines) is 1. The summed E-state index contributed by atoms with van der Waals surface area (Å²) in [5, 5.41) is 9.36. The van der Waals surface area contributed by atoms with Crippen LogP contribution < -0.4 is 0 Å². The van der Waals surface area contributed by atoms with Crippen LogP contribution in [-0.2, 0) is 11.2 Å². The number of hydrogen-bond donors (Lipinski definition) is 1. The lowest BCUT2D eigenvalue weighted by Crippen LogP contribution is -2.31. The molecular weight excluding hydrogens is 204 g/mol. The molecule has 0 aromatic carbocycles. The maximum Gasteiger partial charge on any atom is 0.228 e. The monoisotopic (exact) mass is 220 g/mol. The van der Waals surface area contributed by atoms with Crippen LogP contribution in [0.1, 0.15) is 17.7 Å². The number of amides is 1. The van der Waals surface area contributed by atoms with E-state index in [0.29, 0.717) is 25.9 Å². The van der Waals surface area contributed by atoms with Crippen LogP contribution in [0.15, 0.2) is 18.3 Å². The van der Waals surface area contributed by atoms with E-state index in [2.05, 4.69) is 4.98 Å². The first-order chi connectivity index (χ1) is 7.66. The van der Waals surface area contributed by atoms with Gasteiger partial charge in [-0.1, -0.05) is 6.07 Å². The van der Waals surface area contributed by atoms with Gasteiger partial charge in [0.25, 0.3) is 0 Å². The predicted molar refractivity (Wildman–Crippen MR) is 59.9 cm³/mol. The van der Waals surface area contributed by atoms with Gasteiger partial charge in [0.2, 0.25) is 5.91 Å². The molecular formula is C12H16N2O2. The molecule has 1 unspecified atom stereocenters. The van der Waals surface area contributed by atoms with Crippen LogP contribution in [0.5, 0.6) is 0 Å². The number of carbonyl (C=O) groups is 1. The lowest BCUT2D eigenvalue weighted by atomic mass is 10.1. The highest BCUT2D eigenvalue weighted by Gasteiger charge is 2.24. The topological polar surface area (TPSA) is 53.4 Å². The van der Waals surface area contributed by atoms with Crippen molar-refractivity contribution in [3.8, 4) is 0 Å². The number of aliphatic hydroxyl groups is 1. The number of hydrogen-bond acceptors (Lipinski definition) is 3. The fourth-order valence-corrected chi connectivity index (χ4v) is 1.93. The molecule has 1 aliphatic heterocycles. The van der Waals surface area contributed by atoms with E-state index in [9.17, 15) is 9.90 Å². The van der Waals surface area contributed by atoms with Crippen molar-refractivity contribution in [2.45, 2.75) is 25.9 Å². The van der Waals surface area contributed by atoms with Gasteiger partial charge in [0, 0.05) is 19.3 Å². The molecule has 0 spiro atoms. The zero-order valence-corrected chi connectivity index (χ0v) is 9.39. The van der Waals surface area contributed by atoms with Gasteiger partial charge in [-0.15, -0.1) is 0 Å². The molecule has 1 N–H and O–H groups in total. The largest absolute Gasteiger partial charge is 0.391 e. The SMILES string of the molecule is Cc1cccnc1CC(=O)N1CCC(O)C1. The zero-order chi connectivity index (χ0) is 11.5. The first-order valence-corrected chi connectivity index (χ1v) is 5.53. The molecule has 1 aliphatic rings. The Hall–Kier alpha value is -1.42. The molecule has 4 nitrogen and oxygen atoms in total. The summed E-state index contributed by atoms with van der Waals surface area (Å²) in [5.41, 5.74) is 1.87. The smallest absolute Gasteiger partial charge is 0.228 e. The number of nitrogens with zero attached hydrogens (tertiary/aromatic N) is 2. The van der Waals surface area contributed by atoms with Crippen LogP contribution in [0, 0.1) is 6.92 Å². The third kappa shape index (κ3) is 2.39. The standard InChI is InChI=1S/C12H16N2O2/c1-9-3-2-5-13-11(9)7-12(16)14-6-4-10(15)8-14/h2-3,5,10,15H,4,6-8H2,1H3. The second-order valence-corrected chi connectivity index (χ2v) is 4.23. The summed E-state index contributed by atoms with van der Waals surface area (Å²) in [4.78, 5) is 17.8. The molecule has 1 aromatic heterocycles. The van der Waals surface area contributed by atoms with Crippen LogP contribution in [0.25, 0.3) is 0 Å². The normalized spacial score (nSPS) is 20.1. The van der Waals surface area contributed by atoms with E-state index in [-0.39, 0.29) is 12.0 Å². The summed E-state index contributed by atoms with van der Waals surface area (Å²) >= 11 is 0. The highest BCUT2D eigenvalue weighted by Crippen LogP contribution is 2.12. The summed E-state index contributed by atoms with van der Waals surface area (Å²) in [7, 11) is 0. The second kappa shape index (κ2) is 4.61. The number of aromatic nitrogens is 1. The lowest BCUT2D eigenvalue weighted by Gasteiger charge is -2.15. The van der Waals surface area contributed by atoms with Gasteiger partial charge in [0.1, 0.15) is 0 Å². The molecule has 1 aromatic rings. The van der Waals surface area contributed by atoms with Gasteiger partial charge in [0.05, 0.1) is 18.2 Å². The highest BCUT2D eigenvalue weighted by molar-refractivity contribution is 5.78. The predicted octanol–water partition coefficient (Wildman–Crippen LogP) is 0.526. The molecule has 1 fully saturated rings. The van der Waals surface area contributed by atoms with E-state index in [0.717, 1.165) is 11.3 Å². The van der Waals surface area contributed by atoms with Crippen LogP contribution in [-0.4, -0.2) is 40.1 Å². The maximum absolute atomic E-state index is 11.9. The molecule has 1 atom stereocenters. The van der Waals surface area contributed by atoms with E-state index < -0.39 is 0 Å². The Kier molecular flexibility index (Phi) is 3.19. The molecule has 1 amide bonds. The summed E-state index contributed by atoms with van der Waals surface area (Å²) in [6.07, 6.45) is 2.37. The number of aryl methyl sites for hydroxylation is 1. The van der Waals surface area contributed by atoms with Crippen molar-refractivity contribution in [2.75, 3.05) is 13.1 Å². The molecule has 1 saturated heterocycles. The molecule has 2 heterocycles. The Bertz CT molecular complexity index is 392. The van der Waals surface area contributed by atoms with Gasteiger partial charge < -0.3 is 10.0 Å². The third-order valence-electron chi connectivity index (χ3n) is 2.95. The minimum Gasteiger partial charge on any atom is -0.391 e. The van der Waals surface area contributed by atoms with Gasteiger partial charge in [-0.25, -0.2) is 0 Å².